The first kappa shape index (κ1) is 16.2. The number of fused-ring (bicyclic) bond motifs is 1. The minimum absolute atomic E-state index is 0.0223. The molecule has 1 aliphatic rings. The van der Waals surface area contributed by atoms with Gasteiger partial charge in [0.2, 0.25) is 0 Å². The summed E-state index contributed by atoms with van der Waals surface area (Å²) in [7, 11) is 0. The number of hydrogen-bond donors (Lipinski definition) is 2. The minimum Gasteiger partial charge on any atom is -0.494 e. The third-order valence-corrected chi connectivity index (χ3v) is 4.25. The van der Waals surface area contributed by atoms with Crippen LogP contribution in [0.2, 0.25) is 0 Å². The number of aromatic nitrogens is 4. The Labute approximate surface area is 150 Å². The van der Waals surface area contributed by atoms with Gasteiger partial charge in [0.15, 0.2) is 22.1 Å². The number of nitrogens with one attached hydrogen (secondary N) is 1. The molecule has 2 aromatic heterocycles. The van der Waals surface area contributed by atoms with Gasteiger partial charge in [-0.25, -0.2) is 15.0 Å². The summed E-state index contributed by atoms with van der Waals surface area (Å²) < 4.78 is 13.2. The minimum atomic E-state index is -0.0223. The molecule has 3 aromatic rings. The van der Waals surface area contributed by atoms with Gasteiger partial charge in [0.1, 0.15) is 12.0 Å². The summed E-state index contributed by atoms with van der Waals surface area (Å²) >= 11 is 4.34. The van der Waals surface area contributed by atoms with Crippen LogP contribution in [-0.4, -0.2) is 32.7 Å². The van der Waals surface area contributed by atoms with E-state index in [1.807, 2.05) is 35.8 Å². The maximum absolute atomic E-state index is 5.74. The molecule has 1 N–H and O–H groups in total. The van der Waals surface area contributed by atoms with Crippen LogP contribution in [0, 0.1) is 0 Å². The van der Waals surface area contributed by atoms with Crippen molar-refractivity contribution in [1.82, 2.24) is 19.5 Å². The Kier molecular flexibility index (Phi) is 4.46. The largest absolute Gasteiger partial charge is 0.494 e. The summed E-state index contributed by atoms with van der Waals surface area (Å²) in [5.41, 5.74) is 2.31. The van der Waals surface area contributed by atoms with Crippen LogP contribution in [0.4, 0.5) is 11.5 Å². The highest BCUT2D eigenvalue weighted by atomic mass is 32.1. The van der Waals surface area contributed by atoms with Crippen molar-refractivity contribution in [3.63, 3.8) is 0 Å². The third kappa shape index (κ3) is 3.27. The second-order valence-corrected chi connectivity index (χ2v) is 6.15. The van der Waals surface area contributed by atoms with Crippen molar-refractivity contribution in [2.24, 2.45) is 0 Å². The number of anilines is 2. The lowest BCUT2D eigenvalue weighted by molar-refractivity contribution is 0.0592. The van der Waals surface area contributed by atoms with E-state index in [1.165, 1.54) is 0 Å². The van der Waals surface area contributed by atoms with Crippen molar-refractivity contribution >= 4 is 35.3 Å². The summed E-state index contributed by atoms with van der Waals surface area (Å²) in [5.74, 6) is 1.45. The first-order valence-electron chi connectivity index (χ1n) is 8.29. The van der Waals surface area contributed by atoms with E-state index >= 15 is 0 Å². The fourth-order valence-corrected chi connectivity index (χ4v) is 3.12. The van der Waals surface area contributed by atoms with E-state index in [1.54, 1.807) is 6.33 Å². The monoisotopic (exact) mass is 357 g/mol. The van der Waals surface area contributed by atoms with Gasteiger partial charge in [-0.05, 0) is 44.0 Å². The molecule has 1 aliphatic heterocycles. The topological polar surface area (TPSA) is 74.1 Å². The van der Waals surface area contributed by atoms with Gasteiger partial charge >= 0.3 is 0 Å². The van der Waals surface area contributed by atoms with Crippen LogP contribution in [0.5, 0.6) is 5.75 Å². The first-order valence-corrected chi connectivity index (χ1v) is 8.74. The van der Waals surface area contributed by atoms with Crippen molar-refractivity contribution in [3.05, 3.63) is 30.6 Å². The van der Waals surface area contributed by atoms with Crippen molar-refractivity contribution in [2.45, 2.75) is 31.1 Å². The number of nitrogens with zero attached hydrogens (tertiary/aromatic N) is 4. The van der Waals surface area contributed by atoms with E-state index < -0.39 is 0 Å². The third-order valence-electron chi connectivity index (χ3n) is 4.05. The van der Waals surface area contributed by atoms with E-state index in [0.29, 0.717) is 23.1 Å². The zero-order chi connectivity index (χ0) is 17.2. The molecule has 1 fully saturated rings. The number of hydrogen-bond acceptors (Lipinski definition) is 7. The molecule has 8 heteroatoms. The Bertz CT molecular complexity index is 875. The number of thiol groups is 1. The summed E-state index contributed by atoms with van der Waals surface area (Å²) in [5, 5.41) is 3.68. The van der Waals surface area contributed by atoms with Gasteiger partial charge in [0, 0.05) is 12.3 Å². The predicted octanol–water partition coefficient (Wildman–Crippen LogP) is 3.57. The molecule has 0 saturated carbocycles. The quantitative estimate of drug-likeness (QED) is 0.537. The highest BCUT2D eigenvalue weighted by Gasteiger charge is 2.22. The van der Waals surface area contributed by atoms with Crippen molar-refractivity contribution in [3.8, 4) is 5.75 Å². The Morgan fingerprint density at radius 2 is 2.16 bits per heavy atom. The Morgan fingerprint density at radius 1 is 1.32 bits per heavy atom. The molecule has 25 heavy (non-hydrogen) atoms. The van der Waals surface area contributed by atoms with Gasteiger partial charge < -0.3 is 14.8 Å². The van der Waals surface area contributed by atoms with Gasteiger partial charge in [-0.3, -0.25) is 4.57 Å². The normalized spacial score (nSPS) is 17.1. The molecule has 3 heterocycles. The van der Waals surface area contributed by atoms with Crippen molar-refractivity contribution < 1.29 is 9.47 Å². The maximum Gasteiger partial charge on any atom is 0.188 e. The molecule has 1 unspecified atom stereocenters. The van der Waals surface area contributed by atoms with Crippen LogP contribution >= 0.6 is 12.6 Å². The van der Waals surface area contributed by atoms with Crippen LogP contribution in [0.25, 0.3) is 11.2 Å². The SMILES string of the molecule is CCOc1ccc(Nc2nc(S)nc3c2ncn3C2CCCO2)cc1. The second kappa shape index (κ2) is 6.89. The fourth-order valence-electron chi connectivity index (χ4n) is 2.92. The zero-order valence-electron chi connectivity index (χ0n) is 13.8. The molecular formula is C17H19N5O2S. The molecule has 7 nitrogen and oxygen atoms in total. The highest BCUT2D eigenvalue weighted by Crippen LogP contribution is 2.30. The molecule has 4 rings (SSSR count). The average molecular weight is 357 g/mol. The van der Waals surface area contributed by atoms with Gasteiger partial charge in [0.05, 0.1) is 12.9 Å². The van der Waals surface area contributed by atoms with Crippen LogP contribution in [0.1, 0.15) is 26.0 Å². The molecule has 130 valence electrons. The van der Waals surface area contributed by atoms with E-state index in [-0.39, 0.29) is 6.23 Å². The Hall–Kier alpha value is -2.32. The molecule has 1 aromatic carbocycles. The summed E-state index contributed by atoms with van der Waals surface area (Å²) in [6.07, 6.45) is 3.73. The number of imidazole rings is 1. The molecule has 0 bridgehead atoms. The fraction of sp³-hybridized carbons (Fsp3) is 0.353. The molecule has 1 atom stereocenters. The van der Waals surface area contributed by atoms with Gasteiger partial charge in [0.25, 0.3) is 0 Å². The number of rotatable bonds is 5. The first-order chi connectivity index (χ1) is 12.2. The van der Waals surface area contributed by atoms with E-state index in [2.05, 4.69) is 32.9 Å². The summed E-state index contributed by atoms with van der Waals surface area (Å²) in [6, 6.07) is 7.70. The van der Waals surface area contributed by atoms with Gasteiger partial charge in [-0.15, -0.1) is 12.6 Å². The molecule has 1 saturated heterocycles. The van der Waals surface area contributed by atoms with Crippen LogP contribution < -0.4 is 10.1 Å². The molecule has 0 aliphatic carbocycles. The van der Waals surface area contributed by atoms with Crippen molar-refractivity contribution in [2.75, 3.05) is 18.5 Å². The number of ether oxygens (including phenoxy) is 2. The lowest BCUT2D eigenvalue weighted by Crippen LogP contribution is -2.07. The maximum atomic E-state index is 5.74. The van der Waals surface area contributed by atoms with Crippen LogP contribution in [0.15, 0.2) is 35.7 Å². The summed E-state index contributed by atoms with van der Waals surface area (Å²) in [6.45, 7) is 3.37. The second-order valence-electron chi connectivity index (χ2n) is 5.75. The van der Waals surface area contributed by atoms with E-state index in [0.717, 1.165) is 36.5 Å². The molecule has 0 spiro atoms. The molecule has 0 radical (unpaired) electrons. The van der Waals surface area contributed by atoms with E-state index in [4.69, 9.17) is 9.47 Å². The van der Waals surface area contributed by atoms with Gasteiger partial charge in [-0.2, -0.15) is 0 Å². The summed E-state index contributed by atoms with van der Waals surface area (Å²) in [4.78, 5) is 13.3. The molecular weight excluding hydrogens is 338 g/mol. The van der Waals surface area contributed by atoms with E-state index in [9.17, 15) is 0 Å². The highest BCUT2D eigenvalue weighted by molar-refractivity contribution is 7.80. The Balaban J connectivity index is 1.67. The van der Waals surface area contributed by atoms with Crippen LogP contribution in [0.3, 0.4) is 0 Å². The zero-order valence-corrected chi connectivity index (χ0v) is 14.7. The average Bonchev–Trinajstić information content (AvgIpc) is 3.26. The van der Waals surface area contributed by atoms with Crippen molar-refractivity contribution in [1.29, 1.82) is 0 Å². The van der Waals surface area contributed by atoms with Crippen LogP contribution in [-0.2, 0) is 4.74 Å². The lowest BCUT2D eigenvalue weighted by Gasteiger charge is -2.12. The standard InChI is InChI=1S/C17H19N5O2S/c1-2-23-12-7-5-11(6-8-12)19-15-14-16(21-17(25)20-15)22(10-18-14)13-4-3-9-24-13/h5-8,10,13H,2-4,9H2,1H3,(H2,19,20,21,25). The molecule has 0 amide bonds. The Morgan fingerprint density at radius 3 is 2.88 bits per heavy atom. The smallest absolute Gasteiger partial charge is 0.188 e. The number of benzene rings is 1. The van der Waals surface area contributed by atoms with Gasteiger partial charge in [-0.1, -0.05) is 0 Å². The lowest BCUT2D eigenvalue weighted by atomic mass is 10.3. The predicted molar refractivity (Wildman–Crippen MR) is 97.7 cm³/mol.